The molecule has 0 spiro atoms. The third-order valence-corrected chi connectivity index (χ3v) is 3.98. The van der Waals surface area contributed by atoms with Crippen molar-refractivity contribution in [2.24, 2.45) is 0 Å². The fraction of sp³-hybridized carbons (Fsp3) is 0.0625. The highest BCUT2D eigenvalue weighted by molar-refractivity contribution is 9.10. The molecular formula is C16H12BrFN2O. The van der Waals surface area contributed by atoms with Crippen LogP contribution in [0.25, 0.3) is 22.4 Å². The summed E-state index contributed by atoms with van der Waals surface area (Å²) >= 11 is 3.36. The molecule has 0 radical (unpaired) electrons. The molecule has 1 aromatic heterocycles. The van der Waals surface area contributed by atoms with Gasteiger partial charge in [-0.25, -0.2) is 4.39 Å². The summed E-state index contributed by atoms with van der Waals surface area (Å²) in [6.07, 6.45) is 0. The molecule has 3 rings (SSSR count). The summed E-state index contributed by atoms with van der Waals surface area (Å²) in [5.74, 6) is -0.0740. The standard InChI is InChI=1S/C16H12BrFN2O/c1-9-4-2-3-5-11(9)14-15(20-21-16(14)19)12-7-6-10(18)8-13(12)17/h2-8H,19H2,1H3. The van der Waals surface area contributed by atoms with E-state index in [1.54, 1.807) is 6.07 Å². The second kappa shape index (κ2) is 5.33. The number of nitrogen functional groups attached to an aromatic ring is 1. The fourth-order valence-corrected chi connectivity index (χ4v) is 2.82. The van der Waals surface area contributed by atoms with Gasteiger partial charge in [0.2, 0.25) is 5.88 Å². The Morgan fingerprint density at radius 1 is 1.14 bits per heavy atom. The first-order valence-corrected chi connectivity index (χ1v) is 7.14. The number of aromatic nitrogens is 1. The molecule has 0 aliphatic heterocycles. The van der Waals surface area contributed by atoms with E-state index in [9.17, 15) is 4.39 Å². The van der Waals surface area contributed by atoms with E-state index in [1.165, 1.54) is 12.1 Å². The van der Waals surface area contributed by atoms with E-state index in [2.05, 4.69) is 21.1 Å². The van der Waals surface area contributed by atoms with Gasteiger partial charge < -0.3 is 10.3 Å². The molecule has 5 heteroatoms. The minimum atomic E-state index is -0.320. The number of hydrogen-bond acceptors (Lipinski definition) is 3. The van der Waals surface area contributed by atoms with Crippen LogP contribution < -0.4 is 5.73 Å². The molecule has 0 aliphatic carbocycles. The Bertz CT molecular complexity index is 814. The monoisotopic (exact) mass is 346 g/mol. The first kappa shape index (κ1) is 13.8. The zero-order valence-corrected chi connectivity index (χ0v) is 12.8. The van der Waals surface area contributed by atoms with Gasteiger partial charge in [0.1, 0.15) is 11.5 Å². The topological polar surface area (TPSA) is 52.0 Å². The van der Waals surface area contributed by atoms with Gasteiger partial charge in [-0.3, -0.25) is 0 Å². The average molecular weight is 347 g/mol. The molecule has 0 aliphatic rings. The van der Waals surface area contributed by atoms with Gasteiger partial charge in [-0.05, 0) is 52.2 Å². The van der Waals surface area contributed by atoms with E-state index >= 15 is 0 Å². The van der Waals surface area contributed by atoms with Crippen molar-refractivity contribution >= 4 is 21.8 Å². The van der Waals surface area contributed by atoms with Crippen molar-refractivity contribution in [1.29, 1.82) is 0 Å². The minimum absolute atomic E-state index is 0.246. The van der Waals surface area contributed by atoms with Crippen molar-refractivity contribution in [2.75, 3.05) is 5.73 Å². The van der Waals surface area contributed by atoms with Crippen LogP contribution in [0.15, 0.2) is 51.5 Å². The summed E-state index contributed by atoms with van der Waals surface area (Å²) in [4.78, 5) is 0. The molecule has 3 aromatic rings. The Hall–Kier alpha value is -2.14. The maximum Gasteiger partial charge on any atom is 0.230 e. The van der Waals surface area contributed by atoms with Crippen molar-refractivity contribution in [3.8, 4) is 22.4 Å². The van der Waals surface area contributed by atoms with Crippen molar-refractivity contribution in [3.05, 3.63) is 58.3 Å². The summed E-state index contributed by atoms with van der Waals surface area (Å²) in [5, 5.41) is 4.04. The van der Waals surface area contributed by atoms with Crippen molar-refractivity contribution in [1.82, 2.24) is 5.16 Å². The van der Waals surface area contributed by atoms with Gasteiger partial charge in [0.15, 0.2) is 0 Å². The molecule has 21 heavy (non-hydrogen) atoms. The average Bonchev–Trinajstić information content (AvgIpc) is 2.81. The Morgan fingerprint density at radius 3 is 2.62 bits per heavy atom. The van der Waals surface area contributed by atoms with Crippen LogP contribution in [0.5, 0.6) is 0 Å². The summed E-state index contributed by atoms with van der Waals surface area (Å²) in [6.45, 7) is 1.99. The first-order valence-electron chi connectivity index (χ1n) is 6.34. The number of aryl methyl sites for hydroxylation is 1. The Morgan fingerprint density at radius 2 is 1.90 bits per heavy atom. The lowest BCUT2D eigenvalue weighted by Crippen LogP contribution is -1.91. The van der Waals surface area contributed by atoms with E-state index in [-0.39, 0.29) is 11.7 Å². The van der Waals surface area contributed by atoms with Crippen LogP contribution in [-0.4, -0.2) is 5.16 Å². The molecular weight excluding hydrogens is 335 g/mol. The highest BCUT2D eigenvalue weighted by atomic mass is 79.9. The van der Waals surface area contributed by atoms with Crippen LogP contribution in [0.3, 0.4) is 0 Å². The Kier molecular flexibility index (Phi) is 3.51. The molecule has 0 saturated carbocycles. The SMILES string of the molecule is Cc1ccccc1-c1c(-c2ccc(F)cc2Br)noc1N. The van der Waals surface area contributed by atoms with E-state index in [4.69, 9.17) is 10.3 Å². The van der Waals surface area contributed by atoms with Crippen molar-refractivity contribution in [3.63, 3.8) is 0 Å². The predicted molar refractivity (Wildman–Crippen MR) is 84.2 cm³/mol. The Balaban J connectivity index is 2.25. The summed E-state index contributed by atoms with van der Waals surface area (Å²) in [5.41, 5.74) is 10.00. The first-order chi connectivity index (χ1) is 10.1. The van der Waals surface area contributed by atoms with Gasteiger partial charge in [0.25, 0.3) is 0 Å². The lowest BCUT2D eigenvalue weighted by atomic mass is 9.97. The summed E-state index contributed by atoms with van der Waals surface area (Å²) in [6, 6.07) is 12.3. The van der Waals surface area contributed by atoms with Crippen LogP contribution in [-0.2, 0) is 0 Å². The lowest BCUT2D eigenvalue weighted by Gasteiger charge is -2.07. The van der Waals surface area contributed by atoms with Gasteiger partial charge in [-0.2, -0.15) is 0 Å². The van der Waals surface area contributed by atoms with Crippen LogP contribution in [0, 0.1) is 12.7 Å². The van der Waals surface area contributed by atoms with Gasteiger partial charge in [0.05, 0.1) is 5.56 Å². The van der Waals surface area contributed by atoms with E-state index in [0.29, 0.717) is 10.2 Å². The molecule has 2 aromatic carbocycles. The normalized spacial score (nSPS) is 10.8. The molecule has 2 N–H and O–H groups in total. The van der Waals surface area contributed by atoms with E-state index in [0.717, 1.165) is 22.3 Å². The summed E-state index contributed by atoms with van der Waals surface area (Å²) < 4.78 is 19.0. The molecule has 106 valence electrons. The second-order valence-corrected chi connectivity index (χ2v) is 5.56. The molecule has 0 saturated heterocycles. The van der Waals surface area contributed by atoms with Gasteiger partial charge in [0, 0.05) is 10.0 Å². The maximum atomic E-state index is 13.3. The summed E-state index contributed by atoms with van der Waals surface area (Å²) in [7, 11) is 0. The van der Waals surface area contributed by atoms with Gasteiger partial charge in [-0.1, -0.05) is 29.4 Å². The van der Waals surface area contributed by atoms with E-state index in [1.807, 2.05) is 31.2 Å². The number of nitrogens with two attached hydrogens (primary N) is 1. The fourth-order valence-electron chi connectivity index (χ4n) is 2.28. The third-order valence-electron chi connectivity index (χ3n) is 3.32. The number of hydrogen-bond donors (Lipinski definition) is 1. The van der Waals surface area contributed by atoms with Gasteiger partial charge in [-0.15, -0.1) is 0 Å². The third kappa shape index (κ3) is 2.45. The highest BCUT2D eigenvalue weighted by Gasteiger charge is 2.20. The zero-order chi connectivity index (χ0) is 15.0. The number of halogens is 2. The minimum Gasteiger partial charge on any atom is -0.367 e. The molecule has 0 unspecified atom stereocenters. The van der Waals surface area contributed by atoms with Crippen LogP contribution >= 0.6 is 15.9 Å². The van der Waals surface area contributed by atoms with E-state index < -0.39 is 0 Å². The maximum absolute atomic E-state index is 13.3. The Labute approximate surface area is 129 Å². The quantitative estimate of drug-likeness (QED) is 0.724. The molecule has 0 atom stereocenters. The van der Waals surface area contributed by atoms with Crippen LogP contribution in [0.4, 0.5) is 10.3 Å². The number of anilines is 1. The molecule has 0 amide bonds. The zero-order valence-electron chi connectivity index (χ0n) is 11.2. The smallest absolute Gasteiger partial charge is 0.230 e. The number of nitrogens with zero attached hydrogens (tertiary/aromatic N) is 1. The van der Waals surface area contributed by atoms with Gasteiger partial charge >= 0.3 is 0 Å². The predicted octanol–water partition coefficient (Wildman–Crippen LogP) is 4.80. The molecule has 1 heterocycles. The molecule has 0 fully saturated rings. The second-order valence-electron chi connectivity index (χ2n) is 4.71. The van der Waals surface area contributed by atoms with Crippen LogP contribution in [0.1, 0.15) is 5.56 Å². The highest BCUT2D eigenvalue weighted by Crippen LogP contribution is 2.40. The molecule has 3 nitrogen and oxygen atoms in total. The van der Waals surface area contributed by atoms with Crippen LogP contribution in [0.2, 0.25) is 0 Å². The van der Waals surface area contributed by atoms with Crippen molar-refractivity contribution in [2.45, 2.75) is 6.92 Å². The lowest BCUT2D eigenvalue weighted by molar-refractivity contribution is 0.439. The largest absolute Gasteiger partial charge is 0.367 e. The number of benzene rings is 2. The number of rotatable bonds is 2. The molecule has 0 bridgehead atoms. The van der Waals surface area contributed by atoms with Crippen molar-refractivity contribution < 1.29 is 8.91 Å².